The minimum Gasteiger partial charge on any atom is -0.357 e. The van der Waals surface area contributed by atoms with Gasteiger partial charge in [0.15, 0.2) is 0 Å². The second-order valence-electron chi connectivity index (χ2n) is 5.33. The second-order valence-corrected chi connectivity index (χ2v) is 5.33. The lowest BCUT2D eigenvalue weighted by Gasteiger charge is -2.13. The predicted molar refractivity (Wildman–Crippen MR) is 75.9 cm³/mol. The molecule has 1 saturated carbocycles. The number of nitrogens with one attached hydrogen (secondary N) is 3. The molecule has 0 aliphatic heterocycles. The second kappa shape index (κ2) is 4.96. The van der Waals surface area contributed by atoms with Gasteiger partial charge in [-0.25, -0.2) is 4.79 Å². The van der Waals surface area contributed by atoms with Crippen LogP contribution in [0.1, 0.15) is 25.5 Å². The molecule has 1 aromatic carbocycles. The summed E-state index contributed by atoms with van der Waals surface area (Å²) in [6.45, 7) is 2.60. The van der Waals surface area contributed by atoms with Gasteiger partial charge < -0.3 is 15.6 Å². The van der Waals surface area contributed by atoms with Crippen LogP contribution < -0.4 is 10.6 Å². The summed E-state index contributed by atoms with van der Waals surface area (Å²) in [6, 6.07) is 10.4. The minimum atomic E-state index is -0.0851. The predicted octanol–water partition coefficient (Wildman–Crippen LogP) is 2.77. The van der Waals surface area contributed by atoms with E-state index in [1.165, 1.54) is 18.2 Å². The molecule has 0 saturated heterocycles. The Bertz CT molecular complexity index is 553. The number of hydrogen-bond acceptors (Lipinski definition) is 1. The van der Waals surface area contributed by atoms with E-state index in [4.69, 9.17) is 0 Å². The van der Waals surface area contributed by atoms with Gasteiger partial charge in [0, 0.05) is 17.3 Å². The molecule has 1 atom stereocenters. The van der Waals surface area contributed by atoms with Gasteiger partial charge in [0.25, 0.3) is 0 Å². The number of para-hydroxylation sites is 1. The maximum Gasteiger partial charge on any atom is 0.315 e. The Morgan fingerprint density at radius 3 is 2.95 bits per heavy atom. The average molecular weight is 257 g/mol. The first-order valence-electron chi connectivity index (χ1n) is 6.83. The maximum atomic E-state index is 11.7. The number of fused-ring (bicyclic) bond motifs is 1. The quantitative estimate of drug-likeness (QED) is 0.775. The zero-order valence-corrected chi connectivity index (χ0v) is 11.1. The SMILES string of the molecule is CC(NC(=O)NCc1cc2ccccc2[nH]1)C1CC1. The van der Waals surface area contributed by atoms with Gasteiger partial charge in [0.2, 0.25) is 0 Å². The Balaban J connectivity index is 1.54. The van der Waals surface area contributed by atoms with Crippen molar-refractivity contribution < 1.29 is 4.79 Å². The number of benzene rings is 1. The van der Waals surface area contributed by atoms with E-state index in [0.717, 1.165) is 11.2 Å². The zero-order chi connectivity index (χ0) is 13.2. The van der Waals surface area contributed by atoms with Crippen LogP contribution >= 0.6 is 0 Å². The lowest BCUT2D eigenvalue weighted by Crippen LogP contribution is -2.41. The van der Waals surface area contributed by atoms with Crippen molar-refractivity contribution in [2.24, 2.45) is 5.92 Å². The smallest absolute Gasteiger partial charge is 0.315 e. The van der Waals surface area contributed by atoms with Crippen molar-refractivity contribution in [3.8, 4) is 0 Å². The van der Waals surface area contributed by atoms with Gasteiger partial charge in [-0.3, -0.25) is 0 Å². The van der Waals surface area contributed by atoms with Crippen LogP contribution in [0.3, 0.4) is 0 Å². The summed E-state index contributed by atoms with van der Waals surface area (Å²) in [4.78, 5) is 15.0. The third kappa shape index (κ3) is 2.89. The van der Waals surface area contributed by atoms with Crippen LogP contribution in [0.5, 0.6) is 0 Å². The molecule has 1 aromatic heterocycles. The van der Waals surface area contributed by atoms with Crippen LogP contribution in [0.4, 0.5) is 4.79 Å². The van der Waals surface area contributed by atoms with Gasteiger partial charge in [0.05, 0.1) is 6.54 Å². The van der Waals surface area contributed by atoms with Gasteiger partial charge in [-0.1, -0.05) is 18.2 Å². The molecule has 1 unspecified atom stereocenters. The van der Waals surface area contributed by atoms with Gasteiger partial charge in [-0.15, -0.1) is 0 Å². The lowest BCUT2D eigenvalue weighted by atomic mass is 10.2. The first kappa shape index (κ1) is 12.1. The Morgan fingerprint density at radius 2 is 2.21 bits per heavy atom. The fraction of sp³-hybridized carbons (Fsp3) is 0.400. The molecule has 19 heavy (non-hydrogen) atoms. The maximum absolute atomic E-state index is 11.7. The highest BCUT2D eigenvalue weighted by molar-refractivity contribution is 5.80. The topological polar surface area (TPSA) is 56.9 Å². The van der Waals surface area contributed by atoms with E-state index in [9.17, 15) is 4.79 Å². The van der Waals surface area contributed by atoms with Gasteiger partial charge in [0.1, 0.15) is 0 Å². The van der Waals surface area contributed by atoms with Crippen molar-refractivity contribution in [3.05, 3.63) is 36.0 Å². The highest BCUT2D eigenvalue weighted by Gasteiger charge is 2.28. The number of carbonyl (C=O) groups is 1. The van der Waals surface area contributed by atoms with Gasteiger partial charge >= 0.3 is 6.03 Å². The van der Waals surface area contributed by atoms with Crippen molar-refractivity contribution in [1.82, 2.24) is 15.6 Å². The fourth-order valence-corrected chi connectivity index (χ4v) is 2.38. The number of hydrogen-bond donors (Lipinski definition) is 3. The number of rotatable bonds is 4. The van der Waals surface area contributed by atoms with E-state index in [1.807, 2.05) is 18.2 Å². The molecule has 4 nitrogen and oxygen atoms in total. The molecule has 3 N–H and O–H groups in total. The van der Waals surface area contributed by atoms with E-state index < -0.39 is 0 Å². The minimum absolute atomic E-state index is 0.0851. The summed E-state index contributed by atoms with van der Waals surface area (Å²) in [5.74, 6) is 0.679. The molecule has 1 aliphatic carbocycles. The molecule has 0 radical (unpaired) electrons. The Kier molecular flexibility index (Phi) is 3.15. The van der Waals surface area contributed by atoms with Crippen molar-refractivity contribution in [1.29, 1.82) is 0 Å². The van der Waals surface area contributed by atoms with Crippen molar-refractivity contribution in [2.45, 2.75) is 32.4 Å². The van der Waals surface area contributed by atoms with Gasteiger partial charge in [-0.05, 0) is 43.2 Å². The van der Waals surface area contributed by atoms with Crippen LogP contribution in [-0.4, -0.2) is 17.1 Å². The monoisotopic (exact) mass is 257 g/mol. The van der Waals surface area contributed by atoms with E-state index in [2.05, 4.69) is 34.7 Å². The van der Waals surface area contributed by atoms with Crippen LogP contribution in [-0.2, 0) is 6.54 Å². The largest absolute Gasteiger partial charge is 0.357 e. The van der Waals surface area contributed by atoms with E-state index in [-0.39, 0.29) is 12.1 Å². The number of aromatic nitrogens is 1. The summed E-state index contributed by atoms with van der Waals surface area (Å²) in [5, 5.41) is 7.05. The number of carbonyl (C=O) groups excluding carboxylic acids is 1. The van der Waals surface area contributed by atoms with Crippen LogP contribution in [0.15, 0.2) is 30.3 Å². The summed E-state index contributed by atoms with van der Waals surface area (Å²) in [5.41, 5.74) is 2.13. The Morgan fingerprint density at radius 1 is 1.42 bits per heavy atom. The number of aromatic amines is 1. The molecular weight excluding hydrogens is 238 g/mol. The zero-order valence-electron chi connectivity index (χ0n) is 11.1. The van der Waals surface area contributed by atoms with Crippen LogP contribution in [0.2, 0.25) is 0 Å². The summed E-state index contributed by atoms with van der Waals surface area (Å²) < 4.78 is 0. The molecule has 2 aromatic rings. The summed E-state index contributed by atoms with van der Waals surface area (Å²) >= 11 is 0. The molecule has 1 heterocycles. The molecule has 3 rings (SSSR count). The third-order valence-electron chi connectivity index (χ3n) is 3.71. The molecular formula is C15H19N3O. The lowest BCUT2D eigenvalue weighted by molar-refractivity contribution is 0.236. The standard InChI is InChI=1S/C15H19N3O/c1-10(11-6-7-11)17-15(19)16-9-13-8-12-4-2-3-5-14(12)18-13/h2-5,8,10-11,18H,6-7,9H2,1H3,(H2,16,17,19). The summed E-state index contributed by atoms with van der Waals surface area (Å²) in [7, 11) is 0. The first-order chi connectivity index (χ1) is 9.22. The first-order valence-corrected chi connectivity index (χ1v) is 6.83. The molecule has 2 amide bonds. The third-order valence-corrected chi connectivity index (χ3v) is 3.71. The summed E-state index contributed by atoms with van der Waals surface area (Å²) in [6.07, 6.45) is 2.48. The number of urea groups is 1. The highest BCUT2D eigenvalue weighted by Crippen LogP contribution is 2.32. The van der Waals surface area contributed by atoms with E-state index in [1.54, 1.807) is 0 Å². The highest BCUT2D eigenvalue weighted by atomic mass is 16.2. The molecule has 0 bridgehead atoms. The van der Waals surface area contributed by atoms with Crippen molar-refractivity contribution in [3.63, 3.8) is 0 Å². The van der Waals surface area contributed by atoms with E-state index >= 15 is 0 Å². The normalized spacial score (nSPS) is 16.3. The number of H-pyrrole nitrogens is 1. The Hall–Kier alpha value is -1.97. The molecule has 0 spiro atoms. The molecule has 100 valence electrons. The van der Waals surface area contributed by atoms with Crippen LogP contribution in [0.25, 0.3) is 10.9 Å². The molecule has 1 fully saturated rings. The van der Waals surface area contributed by atoms with E-state index in [0.29, 0.717) is 12.5 Å². The van der Waals surface area contributed by atoms with Crippen molar-refractivity contribution >= 4 is 16.9 Å². The van der Waals surface area contributed by atoms with Crippen LogP contribution in [0, 0.1) is 5.92 Å². The Labute approximate surface area is 112 Å². The molecule has 1 aliphatic rings. The average Bonchev–Trinajstić information content (AvgIpc) is 3.16. The van der Waals surface area contributed by atoms with Gasteiger partial charge in [-0.2, -0.15) is 0 Å². The fourth-order valence-electron chi connectivity index (χ4n) is 2.38. The number of amides is 2. The molecule has 4 heteroatoms. The van der Waals surface area contributed by atoms with Crippen molar-refractivity contribution in [2.75, 3.05) is 0 Å².